The normalized spacial score (nSPS) is 17.3. The summed E-state index contributed by atoms with van der Waals surface area (Å²) in [5, 5.41) is 7.75. The molecule has 1 amide bonds. The number of hydrogen-bond donors (Lipinski definition) is 1. The van der Waals surface area contributed by atoms with Gasteiger partial charge in [-0.05, 0) is 42.5 Å². The SMILES string of the molecule is Cn1nc(C(=O)N[C@@H]2CCCc3ccccc32)c2c1-c1ccccc1OC2. The minimum absolute atomic E-state index is 0.0388. The third-order valence-corrected chi connectivity index (χ3v) is 5.55. The Balaban J connectivity index is 1.48. The van der Waals surface area contributed by atoms with E-state index in [0.29, 0.717) is 12.3 Å². The van der Waals surface area contributed by atoms with Crippen LogP contribution in [0.2, 0.25) is 0 Å². The molecule has 3 aromatic rings. The predicted molar refractivity (Wildman–Crippen MR) is 103 cm³/mol. The van der Waals surface area contributed by atoms with Crippen LogP contribution in [0.15, 0.2) is 48.5 Å². The lowest BCUT2D eigenvalue weighted by molar-refractivity contribution is 0.0924. The quantitative estimate of drug-likeness (QED) is 0.757. The van der Waals surface area contributed by atoms with E-state index in [-0.39, 0.29) is 11.9 Å². The van der Waals surface area contributed by atoms with Crippen molar-refractivity contribution in [3.63, 3.8) is 0 Å². The Morgan fingerprint density at radius 2 is 2.00 bits per heavy atom. The number of amides is 1. The maximum atomic E-state index is 13.1. The third kappa shape index (κ3) is 2.62. The fourth-order valence-electron chi connectivity index (χ4n) is 4.29. The number of rotatable bonds is 2. The van der Waals surface area contributed by atoms with E-state index in [0.717, 1.165) is 41.8 Å². The van der Waals surface area contributed by atoms with Gasteiger partial charge in [0.1, 0.15) is 12.4 Å². The number of fused-ring (bicyclic) bond motifs is 4. The van der Waals surface area contributed by atoms with Crippen molar-refractivity contribution in [1.82, 2.24) is 15.1 Å². The molecule has 0 fully saturated rings. The van der Waals surface area contributed by atoms with Gasteiger partial charge in [-0.3, -0.25) is 9.48 Å². The number of carbonyl (C=O) groups is 1. The maximum absolute atomic E-state index is 13.1. The molecule has 2 aliphatic rings. The molecule has 5 nitrogen and oxygen atoms in total. The van der Waals surface area contributed by atoms with Gasteiger partial charge in [0, 0.05) is 18.2 Å². The highest BCUT2D eigenvalue weighted by atomic mass is 16.5. The fraction of sp³-hybridized carbons (Fsp3) is 0.273. The lowest BCUT2D eigenvalue weighted by Gasteiger charge is -2.26. The Kier molecular flexibility index (Phi) is 3.74. The van der Waals surface area contributed by atoms with Gasteiger partial charge < -0.3 is 10.1 Å². The standard InChI is InChI=1S/C22H21N3O2/c1-25-21-16-10-4-5-12-19(16)27-13-17(21)20(24-25)22(26)23-18-11-6-8-14-7-2-3-9-15(14)18/h2-5,7,9-10,12,18H,6,8,11,13H2,1H3,(H,23,26)/t18-/m1/s1. The largest absolute Gasteiger partial charge is 0.488 e. The number of carbonyl (C=O) groups excluding carboxylic acids is 1. The first kappa shape index (κ1) is 16.1. The van der Waals surface area contributed by atoms with Gasteiger partial charge in [-0.25, -0.2) is 0 Å². The first-order chi connectivity index (χ1) is 13.2. The highest BCUT2D eigenvalue weighted by molar-refractivity contribution is 5.96. The number of ether oxygens (including phenoxy) is 1. The molecule has 5 heteroatoms. The molecule has 2 heterocycles. The minimum atomic E-state index is -0.128. The Morgan fingerprint density at radius 3 is 2.93 bits per heavy atom. The van der Waals surface area contributed by atoms with Crippen LogP contribution in [0.3, 0.4) is 0 Å². The van der Waals surface area contributed by atoms with Crippen molar-refractivity contribution in [3.05, 3.63) is 70.9 Å². The molecular weight excluding hydrogens is 338 g/mol. The minimum Gasteiger partial charge on any atom is -0.488 e. The van der Waals surface area contributed by atoms with Crippen molar-refractivity contribution in [1.29, 1.82) is 0 Å². The molecule has 0 spiro atoms. The van der Waals surface area contributed by atoms with Gasteiger partial charge in [-0.15, -0.1) is 0 Å². The van der Waals surface area contributed by atoms with Gasteiger partial charge in [0.25, 0.3) is 5.91 Å². The summed E-state index contributed by atoms with van der Waals surface area (Å²) in [7, 11) is 1.88. The van der Waals surface area contributed by atoms with E-state index in [1.54, 1.807) is 4.68 Å². The van der Waals surface area contributed by atoms with Gasteiger partial charge in [0.15, 0.2) is 5.69 Å². The zero-order valence-corrected chi connectivity index (χ0v) is 15.2. The van der Waals surface area contributed by atoms with Crippen molar-refractivity contribution in [2.45, 2.75) is 31.9 Å². The van der Waals surface area contributed by atoms with Crippen LogP contribution in [0.25, 0.3) is 11.3 Å². The van der Waals surface area contributed by atoms with Gasteiger partial charge in [0.2, 0.25) is 0 Å². The Bertz CT molecular complexity index is 1040. The van der Waals surface area contributed by atoms with Crippen LogP contribution in [0.4, 0.5) is 0 Å². The topological polar surface area (TPSA) is 56.2 Å². The number of benzene rings is 2. The van der Waals surface area contributed by atoms with Crippen LogP contribution < -0.4 is 10.1 Å². The molecule has 1 atom stereocenters. The molecule has 2 aromatic carbocycles. The van der Waals surface area contributed by atoms with Crippen molar-refractivity contribution < 1.29 is 9.53 Å². The van der Waals surface area contributed by atoms with Gasteiger partial charge >= 0.3 is 0 Å². The number of hydrogen-bond acceptors (Lipinski definition) is 3. The van der Waals surface area contributed by atoms with Crippen LogP contribution in [0, 0.1) is 0 Å². The number of aromatic nitrogens is 2. The number of para-hydroxylation sites is 1. The monoisotopic (exact) mass is 359 g/mol. The van der Waals surface area contributed by atoms with E-state index in [2.05, 4.69) is 28.6 Å². The zero-order chi connectivity index (χ0) is 18.4. The number of nitrogens with zero attached hydrogens (tertiary/aromatic N) is 2. The molecular formula is C22H21N3O2. The summed E-state index contributed by atoms with van der Waals surface area (Å²) < 4.78 is 7.66. The Labute approximate surface area is 158 Å². The maximum Gasteiger partial charge on any atom is 0.272 e. The summed E-state index contributed by atoms with van der Waals surface area (Å²) in [6, 6.07) is 16.3. The molecule has 5 rings (SSSR count). The molecule has 0 unspecified atom stereocenters. The van der Waals surface area contributed by atoms with Crippen molar-refractivity contribution in [2.75, 3.05) is 0 Å². The zero-order valence-electron chi connectivity index (χ0n) is 15.2. The summed E-state index contributed by atoms with van der Waals surface area (Å²) in [6.45, 7) is 0.365. The molecule has 1 aliphatic carbocycles. The van der Waals surface area contributed by atoms with Crippen molar-refractivity contribution in [2.24, 2.45) is 7.05 Å². The smallest absolute Gasteiger partial charge is 0.272 e. The molecule has 0 saturated carbocycles. The van der Waals surface area contributed by atoms with E-state index in [9.17, 15) is 4.79 Å². The molecule has 27 heavy (non-hydrogen) atoms. The highest BCUT2D eigenvalue weighted by Crippen LogP contribution is 2.38. The van der Waals surface area contributed by atoms with Crippen LogP contribution in [-0.2, 0) is 20.1 Å². The molecule has 0 bridgehead atoms. The van der Waals surface area contributed by atoms with E-state index in [1.807, 2.05) is 37.4 Å². The average Bonchev–Trinajstić information content (AvgIpc) is 3.05. The Hall–Kier alpha value is -3.08. The molecule has 1 aromatic heterocycles. The van der Waals surface area contributed by atoms with Crippen LogP contribution in [0.5, 0.6) is 5.75 Å². The van der Waals surface area contributed by atoms with E-state index in [4.69, 9.17) is 4.74 Å². The molecule has 0 saturated heterocycles. The van der Waals surface area contributed by atoms with Gasteiger partial charge in [-0.1, -0.05) is 36.4 Å². The average molecular weight is 359 g/mol. The molecule has 136 valence electrons. The van der Waals surface area contributed by atoms with Gasteiger partial charge in [0.05, 0.1) is 11.7 Å². The molecule has 1 N–H and O–H groups in total. The lowest BCUT2D eigenvalue weighted by atomic mass is 9.87. The first-order valence-electron chi connectivity index (χ1n) is 9.39. The van der Waals surface area contributed by atoms with Crippen LogP contribution in [0.1, 0.15) is 46.1 Å². The Morgan fingerprint density at radius 1 is 1.19 bits per heavy atom. The second-order valence-corrected chi connectivity index (χ2v) is 7.20. The van der Waals surface area contributed by atoms with Gasteiger partial charge in [-0.2, -0.15) is 5.10 Å². The van der Waals surface area contributed by atoms with E-state index < -0.39 is 0 Å². The second kappa shape index (κ2) is 6.27. The summed E-state index contributed by atoms with van der Waals surface area (Å²) in [5.74, 6) is 0.706. The van der Waals surface area contributed by atoms with E-state index in [1.165, 1.54) is 11.1 Å². The summed E-state index contributed by atoms with van der Waals surface area (Å²) >= 11 is 0. The summed E-state index contributed by atoms with van der Waals surface area (Å²) in [4.78, 5) is 13.1. The second-order valence-electron chi connectivity index (χ2n) is 7.20. The van der Waals surface area contributed by atoms with Crippen LogP contribution >= 0.6 is 0 Å². The van der Waals surface area contributed by atoms with Crippen molar-refractivity contribution >= 4 is 5.91 Å². The lowest BCUT2D eigenvalue weighted by Crippen LogP contribution is -2.32. The summed E-state index contributed by atoms with van der Waals surface area (Å²) in [5.41, 5.74) is 5.82. The predicted octanol–water partition coefficient (Wildman–Crippen LogP) is 3.79. The number of nitrogens with one attached hydrogen (secondary N) is 1. The summed E-state index contributed by atoms with van der Waals surface area (Å²) in [6.07, 6.45) is 3.11. The van der Waals surface area contributed by atoms with E-state index >= 15 is 0 Å². The third-order valence-electron chi connectivity index (χ3n) is 5.55. The fourth-order valence-corrected chi connectivity index (χ4v) is 4.29. The first-order valence-corrected chi connectivity index (χ1v) is 9.39. The highest BCUT2D eigenvalue weighted by Gasteiger charge is 2.30. The number of aryl methyl sites for hydroxylation is 2. The molecule has 1 aliphatic heterocycles. The molecule has 0 radical (unpaired) electrons. The van der Waals surface area contributed by atoms with Crippen LogP contribution in [-0.4, -0.2) is 15.7 Å². The van der Waals surface area contributed by atoms with Crippen molar-refractivity contribution in [3.8, 4) is 17.0 Å².